The number of hydrogen-bond acceptors (Lipinski definition) is 2. The summed E-state index contributed by atoms with van der Waals surface area (Å²) in [5.41, 5.74) is 0.448. The molecule has 0 bridgehead atoms. The van der Waals surface area contributed by atoms with Crippen molar-refractivity contribution in [2.75, 3.05) is 7.11 Å². The summed E-state index contributed by atoms with van der Waals surface area (Å²) in [4.78, 5) is 0. The van der Waals surface area contributed by atoms with E-state index >= 15 is 0 Å². The molecule has 4 saturated carbocycles. The Morgan fingerprint density at radius 1 is 0.909 bits per heavy atom. The van der Waals surface area contributed by atoms with Crippen LogP contribution in [-0.2, 0) is 4.74 Å². The molecule has 2 nitrogen and oxygen atoms in total. The molecule has 0 heterocycles. The van der Waals surface area contributed by atoms with Crippen LogP contribution in [0.1, 0.15) is 71.1 Å². The molecule has 0 radical (unpaired) electrons. The summed E-state index contributed by atoms with van der Waals surface area (Å²) in [5.74, 6) is 4.55. The minimum absolute atomic E-state index is 0.00370. The summed E-state index contributed by atoms with van der Waals surface area (Å²) in [6.07, 6.45) is 13.7. The standard InChI is InChI=1S/C20H34O2/c1-20-11-10-16-15-7-6-14(21)12-13(15)4-3-5-17(16)18(20)8-9-19(20)22-2/h13-19,21H,3-12H2,1-2H3/t13-,14-,15-,16+,17+,18-,19-,20-/m0/s1. The van der Waals surface area contributed by atoms with Crippen molar-refractivity contribution in [3.63, 3.8) is 0 Å². The molecule has 4 aliphatic carbocycles. The van der Waals surface area contributed by atoms with Gasteiger partial charge in [-0.3, -0.25) is 0 Å². The first kappa shape index (κ1) is 15.4. The SMILES string of the molecule is CO[C@H]1CC[C@H]2[C@@H]3CCC[C@H]4C[C@@H](O)CC[C@@H]4[C@H]3CC[C@]12C. The predicted octanol–water partition coefficient (Wildman–Crippen LogP) is 4.41. The second-order valence-electron chi connectivity index (χ2n) is 9.10. The number of fused-ring (bicyclic) bond motifs is 5. The highest BCUT2D eigenvalue weighted by atomic mass is 16.5. The lowest BCUT2D eigenvalue weighted by molar-refractivity contribution is -0.0723. The molecular weight excluding hydrogens is 272 g/mol. The van der Waals surface area contributed by atoms with Gasteiger partial charge in [-0.25, -0.2) is 0 Å². The maximum Gasteiger partial charge on any atom is 0.0627 e. The summed E-state index contributed by atoms with van der Waals surface area (Å²) < 4.78 is 5.88. The van der Waals surface area contributed by atoms with Crippen molar-refractivity contribution in [3.8, 4) is 0 Å². The summed E-state index contributed by atoms with van der Waals surface area (Å²) in [5, 5.41) is 10.1. The van der Waals surface area contributed by atoms with E-state index < -0.39 is 0 Å². The highest BCUT2D eigenvalue weighted by Crippen LogP contribution is 2.61. The number of rotatable bonds is 1. The first-order valence-electron chi connectivity index (χ1n) is 9.84. The van der Waals surface area contributed by atoms with Gasteiger partial charge in [-0.15, -0.1) is 0 Å². The molecule has 1 N–H and O–H groups in total. The van der Waals surface area contributed by atoms with E-state index in [4.69, 9.17) is 4.74 Å². The second-order valence-corrected chi connectivity index (χ2v) is 9.10. The predicted molar refractivity (Wildman–Crippen MR) is 88.5 cm³/mol. The Balaban J connectivity index is 1.58. The van der Waals surface area contributed by atoms with Crippen LogP contribution in [0.2, 0.25) is 0 Å². The lowest BCUT2D eigenvalue weighted by Crippen LogP contribution is -2.46. The third kappa shape index (κ3) is 2.28. The van der Waals surface area contributed by atoms with Crippen molar-refractivity contribution in [2.45, 2.75) is 83.3 Å². The van der Waals surface area contributed by atoms with Crippen LogP contribution in [0.5, 0.6) is 0 Å². The fourth-order valence-electron chi connectivity index (χ4n) is 7.38. The molecule has 22 heavy (non-hydrogen) atoms. The lowest BCUT2D eigenvalue weighted by Gasteiger charge is -2.51. The van der Waals surface area contributed by atoms with Crippen molar-refractivity contribution >= 4 is 0 Å². The van der Waals surface area contributed by atoms with E-state index in [0.717, 1.165) is 42.4 Å². The fourth-order valence-corrected chi connectivity index (χ4v) is 7.38. The van der Waals surface area contributed by atoms with Gasteiger partial charge in [-0.2, -0.15) is 0 Å². The highest BCUT2D eigenvalue weighted by Gasteiger charge is 2.56. The van der Waals surface area contributed by atoms with Gasteiger partial charge < -0.3 is 9.84 Å². The molecule has 0 aliphatic heterocycles. The third-order valence-electron chi connectivity index (χ3n) is 8.37. The topological polar surface area (TPSA) is 29.5 Å². The Kier molecular flexibility index (Phi) is 4.05. The van der Waals surface area contributed by atoms with Crippen molar-refractivity contribution in [1.29, 1.82) is 0 Å². The van der Waals surface area contributed by atoms with Gasteiger partial charge in [0, 0.05) is 7.11 Å². The van der Waals surface area contributed by atoms with Crippen LogP contribution in [0.15, 0.2) is 0 Å². The van der Waals surface area contributed by atoms with Gasteiger partial charge >= 0.3 is 0 Å². The minimum atomic E-state index is -0.00370. The van der Waals surface area contributed by atoms with Crippen LogP contribution in [-0.4, -0.2) is 24.4 Å². The van der Waals surface area contributed by atoms with Crippen LogP contribution in [0, 0.1) is 35.0 Å². The first-order chi connectivity index (χ1) is 10.6. The molecule has 126 valence electrons. The summed E-state index contributed by atoms with van der Waals surface area (Å²) >= 11 is 0. The van der Waals surface area contributed by atoms with Gasteiger partial charge in [0.05, 0.1) is 12.2 Å². The fraction of sp³-hybridized carbons (Fsp3) is 1.00. The van der Waals surface area contributed by atoms with E-state index in [9.17, 15) is 5.11 Å². The molecule has 0 spiro atoms. The molecule has 4 fully saturated rings. The summed E-state index contributed by atoms with van der Waals surface area (Å²) in [6.45, 7) is 2.53. The van der Waals surface area contributed by atoms with E-state index in [-0.39, 0.29) is 6.10 Å². The normalized spacial score (nSPS) is 55.0. The smallest absolute Gasteiger partial charge is 0.0627 e. The molecule has 0 unspecified atom stereocenters. The Morgan fingerprint density at radius 3 is 2.59 bits per heavy atom. The molecule has 2 heteroatoms. The van der Waals surface area contributed by atoms with E-state index in [0.29, 0.717) is 11.5 Å². The molecule has 0 saturated heterocycles. The quantitative estimate of drug-likeness (QED) is 0.778. The largest absolute Gasteiger partial charge is 0.393 e. The maximum atomic E-state index is 10.1. The van der Waals surface area contributed by atoms with Gasteiger partial charge in [0.25, 0.3) is 0 Å². The molecule has 0 amide bonds. The number of methoxy groups -OCH3 is 1. The molecule has 8 atom stereocenters. The van der Waals surface area contributed by atoms with Crippen LogP contribution >= 0.6 is 0 Å². The monoisotopic (exact) mass is 306 g/mol. The molecule has 4 aliphatic rings. The van der Waals surface area contributed by atoms with Gasteiger partial charge in [-0.05, 0) is 86.4 Å². The van der Waals surface area contributed by atoms with Gasteiger partial charge in [0.2, 0.25) is 0 Å². The van der Waals surface area contributed by atoms with Crippen molar-refractivity contribution < 1.29 is 9.84 Å². The molecular formula is C20H34O2. The highest BCUT2D eigenvalue weighted by molar-refractivity contribution is 5.05. The van der Waals surface area contributed by atoms with Gasteiger partial charge in [0.15, 0.2) is 0 Å². The van der Waals surface area contributed by atoms with Crippen LogP contribution in [0.3, 0.4) is 0 Å². The summed E-state index contributed by atoms with van der Waals surface area (Å²) in [6, 6.07) is 0. The zero-order valence-electron chi connectivity index (χ0n) is 14.5. The van der Waals surface area contributed by atoms with Crippen molar-refractivity contribution in [1.82, 2.24) is 0 Å². The lowest BCUT2D eigenvalue weighted by atomic mass is 9.55. The van der Waals surface area contributed by atoms with E-state index in [1.54, 1.807) is 0 Å². The molecule has 4 rings (SSSR count). The Morgan fingerprint density at radius 2 is 1.77 bits per heavy atom. The summed E-state index contributed by atoms with van der Waals surface area (Å²) in [7, 11) is 1.93. The van der Waals surface area contributed by atoms with Gasteiger partial charge in [0.1, 0.15) is 0 Å². The average molecular weight is 306 g/mol. The van der Waals surface area contributed by atoms with Gasteiger partial charge in [-0.1, -0.05) is 19.8 Å². The third-order valence-corrected chi connectivity index (χ3v) is 8.37. The zero-order chi connectivity index (χ0) is 15.3. The van der Waals surface area contributed by atoms with Crippen LogP contribution < -0.4 is 0 Å². The number of aliphatic hydroxyl groups is 1. The molecule has 0 aromatic rings. The van der Waals surface area contributed by atoms with Crippen LogP contribution in [0.4, 0.5) is 0 Å². The number of aliphatic hydroxyl groups excluding tert-OH is 1. The molecule has 0 aromatic carbocycles. The maximum absolute atomic E-state index is 10.1. The zero-order valence-corrected chi connectivity index (χ0v) is 14.5. The van der Waals surface area contributed by atoms with E-state index in [1.807, 2.05) is 7.11 Å². The Hall–Kier alpha value is -0.0800. The first-order valence-corrected chi connectivity index (χ1v) is 9.84. The number of ether oxygens (including phenoxy) is 1. The average Bonchev–Trinajstić information content (AvgIpc) is 2.74. The van der Waals surface area contributed by atoms with Crippen molar-refractivity contribution in [2.24, 2.45) is 35.0 Å². The van der Waals surface area contributed by atoms with E-state index in [2.05, 4.69) is 6.92 Å². The van der Waals surface area contributed by atoms with Crippen LogP contribution in [0.25, 0.3) is 0 Å². The minimum Gasteiger partial charge on any atom is -0.393 e. The molecule has 0 aromatic heterocycles. The Bertz CT molecular complexity index is 409. The number of hydrogen-bond donors (Lipinski definition) is 1. The van der Waals surface area contributed by atoms with E-state index in [1.165, 1.54) is 51.4 Å². The van der Waals surface area contributed by atoms with Crippen molar-refractivity contribution in [3.05, 3.63) is 0 Å². The Labute approximate surface area is 136 Å². The second kappa shape index (κ2) is 5.77.